The summed E-state index contributed by atoms with van der Waals surface area (Å²) in [6.07, 6.45) is 20.8. The second-order valence-corrected chi connectivity index (χ2v) is 5.88. The van der Waals surface area contributed by atoms with Gasteiger partial charge in [0.05, 0.1) is 12.1 Å². The molecule has 0 radical (unpaired) electrons. The lowest BCUT2D eigenvalue weighted by Gasteiger charge is -2.41. The second-order valence-electron chi connectivity index (χ2n) is 5.88. The summed E-state index contributed by atoms with van der Waals surface area (Å²) < 4.78 is 0. The Morgan fingerprint density at radius 3 is 2.89 bits per heavy atom. The summed E-state index contributed by atoms with van der Waals surface area (Å²) in [5.41, 5.74) is 0. The van der Waals surface area contributed by atoms with Crippen molar-refractivity contribution in [3.63, 3.8) is 0 Å². The van der Waals surface area contributed by atoms with Crippen LogP contribution in [0, 0.1) is 24.2 Å². The minimum absolute atomic E-state index is 0.795. The molecule has 2 fully saturated rings. The molecule has 4 atom stereocenters. The van der Waals surface area contributed by atoms with E-state index in [2.05, 4.69) is 30.0 Å². The van der Waals surface area contributed by atoms with Crippen LogP contribution >= 0.6 is 0 Å². The Kier molecular flexibility index (Phi) is 5.08. The molecular formula is C17H26N+. The molecule has 2 aliphatic rings. The van der Waals surface area contributed by atoms with Crippen LogP contribution in [0.15, 0.2) is 24.8 Å². The van der Waals surface area contributed by atoms with E-state index in [1.54, 1.807) is 0 Å². The number of fused-ring (bicyclic) bond motifs is 1. The van der Waals surface area contributed by atoms with Gasteiger partial charge in [-0.25, -0.2) is 0 Å². The standard InChI is InChI=1S/C17H25N/c1-3-5-6-9-14-10-7-11-17-16(14)13-12-15(18-17)8-4-2/h1,4-6,14-18H,2,7-13H2/p+1/b6-5-/t14-,15+,16-,17-/m0/s1. The van der Waals surface area contributed by atoms with Crippen molar-refractivity contribution >= 4 is 0 Å². The van der Waals surface area contributed by atoms with E-state index in [9.17, 15) is 0 Å². The molecule has 1 aliphatic carbocycles. The topological polar surface area (TPSA) is 16.6 Å². The highest BCUT2D eigenvalue weighted by molar-refractivity contribution is 5.09. The third kappa shape index (κ3) is 3.27. The first-order valence-corrected chi connectivity index (χ1v) is 7.42. The van der Waals surface area contributed by atoms with Crippen molar-refractivity contribution in [1.82, 2.24) is 0 Å². The average molecular weight is 244 g/mol. The van der Waals surface area contributed by atoms with E-state index in [-0.39, 0.29) is 0 Å². The first-order chi connectivity index (χ1) is 8.85. The Morgan fingerprint density at radius 1 is 1.22 bits per heavy atom. The molecule has 2 rings (SSSR count). The molecule has 1 nitrogen and oxygen atoms in total. The van der Waals surface area contributed by atoms with Crippen LogP contribution in [0.25, 0.3) is 0 Å². The van der Waals surface area contributed by atoms with Gasteiger partial charge in [0, 0.05) is 18.8 Å². The molecule has 0 spiro atoms. The van der Waals surface area contributed by atoms with Gasteiger partial charge in [0.1, 0.15) is 0 Å². The van der Waals surface area contributed by atoms with Crippen molar-refractivity contribution in [3.05, 3.63) is 24.8 Å². The van der Waals surface area contributed by atoms with Crippen molar-refractivity contribution in [3.8, 4) is 12.3 Å². The third-order valence-electron chi connectivity index (χ3n) is 4.78. The summed E-state index contributed by atoms with van der Waals surface area (Å²) in [5.74, 6) is 4.39. The van der Waals surface area contributed by atoms with Gasteiger partial charge < -0.3 is 5.32 Å². The quantitative estimate of drug-likeness (QED) is 0.578. The molecule has 2 N–H and O–H groups in total. The van der Waals surface area contributed by atoms with Gasteiger partial charge in [-0.15, -0.1) is 13.0 Å². The smallest absolute Gasteiger partial charge is 0.0896 e. The summed E-state index contributed by atoms with van der Waals surface area (Å²) >= 11 is 0. The zero-order chi connectivity index (χ0) is 12.8. The molecule has 0 unspecified atom stereocenters. The maximum Gasteiger partial charge on any atom is 0.0896 e. The lowest BCUT2D eigenvalue weighted by molar-refractivity contribution is -0.739. The number of rotatable bonds is 4. The van der Waals surface area contributed by atoms with E-state index in [0.717, 1.165) is 23.9 Å². The number of hydrogen-bond acceptors (Lipinski definition) is 0. The molecule has 98 valence electrons. The van der Waals surface area contributed by atoms with Crippen molar-refractivity contribution in [1.29, 1.82) is 0 Å². The predicted molar refractivity (Wildman–Crippen MR) is 77.0 cm³/mol. The fraction of sp³-hybridized carbons (Fsp3) is 0.647. The monoisotopic (exact) mass is 244 g/mol. The van der Waals surface area contributed by atoms with Gasteiger partial charge in [-0.2, -0.15) is 0 Å². The molecule has 1 heterocycles. The van der Waals surface area contributed by atoms with Crippen LogP contribution in [0.5, 0.6) is 0 Å². The van der Waals surface area contributed by atoms with E-state index in [1.807, 2.05) is 6.08 Å². The van der Waals surface area contributed by atoms with Crippen LogP contribution in [0.1, 0.15) is 44.9 Å². The van der Waals surface area contributed by atoms with Crippen LogP contribution in [-0.4, -0.2) is 12.1 Å². The largest absolute Gasteiger partial charge is 0.341 e. The van der Waals surface area contributed by atoms with Crippen LogP contribution in [0.4, 0.5) is 0 Å². The van der Waals surface area contributed by atoms with E-state index in [1.165, 1.54) is 44.9 Å². The van der Waals surface area contributed by atoms with Crippen LogP contribution in [0.3, 0.4) is 0 Å². The SMILES string of the molecule is C#C/C=C\C[C@H]1CCC[C@@H]2[NH2+][C@H](CC=C)CC[C@@H]12. The lowest BCUT2D eigenvalue weighted by atomic mass is 9.69. The highest BCUT2D eigenvalue weighted by Crippen LogP contribution is 2.36. The van der Waals surface area contributed by atoms with Gasteiger partial charge in [-0.05, 0) is 44.1 Å². The third-order valence-corrected chi connectivity index (χ3v) is 4.78. The molecule has 1 saturated heterocycles. The maximum absolute atomic E-state index is 5.28. The molecule has 18 heavy (non-hydrogen) atoms. The van der Waals surface area contributed by atoms with E-state index < -0.39 is 0 Å². The maximum atomic E-state index is 5.28. The Hall–Kier alpha value is -1.00. The summed E-state index contributed by atoms with van der Waals surface area (Å²) in [6.45, 7) is 3.88. The number of hydrogen-bond donors (Lipinski definition) is 1. The Labute approximate surface area is 112 Å². The lowest BCUT2D eigenvalue weighted by Crippen LogP contribution is -2.98. The number of nitrogens with two attached hydrogens (primary N) is 1. The highest BCUT2D eigenvalue weighted by Gasteiger charge is 2.39. The average Bonchev–Trinajstić information content (AvgIpc) is 2.39. The Morgan fingerprint density at radius 2 is 2.11 bits per heavy atom. The van der Waals surface area contributed by atoms with E-state index >= 15 is 0 Å². The zero-order valence-corrected chi connectivity index (χ0v) is 11.4. The summed E-state index contributed by atoms with van der Waals surface area (Å²) in [6, 6.07) is 1.66. The summed E-state index contributed by atoms with van der Waals surface area (Å²) in [5, 5.41) is 2.65. The van der Waals surface area contributed by atoms with Gasteiger partial charge in [0.25, 0.3) is 0 Å². The minimum atomic E-state index is 0.795. The molecule has 0 bridgehead atoms. The molecular weight excluding hydrogens is 218 g/mol. The summed E-state index contributed by atoms with van der Waals surface area (Å²) in [7, 11) is 0. The van der Waals surface area contributed by atoms with Gasteiger partial charge in [0.15, 0.2) is 0 Å². The van der Waals surface area contributed by atoms with Crippen molar-refractivity contribution in [2.24, 2.45) is 11.8 Å². The highest BCUT2D eigenvalue weighted by atomic mass is 15.0. The molecule has 0 amide bonds. The fourth-order valence-corrected chi connectivity index (χ4v) is 3.95. The number of terminal acetylenes is 1. The Bertz CT molecular complexity index is 336. The Balaban J connectivity index is 1.91. The van der Waals surface area contributed by atoms with Gasteiger partial charge in [-0.1, -0.05) is 18.1 Å². The van der Waals surface area contributed by atoms with Crippen molar-refractivity contribution in [2.45, 2.75) is 57.0 Å². The summed E-state index contributed by atoms with van der Waals surface area (Å²) in [4.78, 5) is 0. The van der Waals surface area contributed by atoms with E-state index in [4.69, 9.17) is 6.42 Å². The first-order valence-electron chi connectivity index (χ1n) is 7.42. The van der Waals surface area contributed by atoms with E-state index in [0.29, 0.717) is 0 Å². The van der Waals surface area contributed by atoms with Gasteiger partial charge in [-0.3, -0.25) is 0 Å². The van der Waals surface area contributed by atoms with Gasteiger partial charge in [0.2, 0.25) is 0 Å². The second kappa shape index (κ2) is 6.81. The van der Waals surface area contributed by atoms with Crippen molar-refractivity contribution < 1.29 is 5.32 Å². The number of piperidine rings is 1. The molecule has 1 heteroatoms. The fourth-order valence-electron chi connectivity index (χ4n) is 3.95. The van der Waals surface area contributed by atoms with Crippen LogP contribution < -0.4 is 5.32 Å². The van der Waals surface area contributed by atoms with Crippen LogP contribution in [0.2, 0.25) is 0 Å². The molecule has 0 aromatic carbocycles. The molecule has 0 aromatic rings. The first kappa shape index (κ1) is 13.4. The van der Waals surface area contributed by atoms with Gasteiger partial charge >= 0.3 is 0 Å². The zero-order valence-electron chi connectivity index (χ0n) is 11.4. The minimum Gasteiger partial charge on any atom is -0.341 e. The normalized spacial score (nSPS) is 35.9. The predicted octanol–water partition coefficient (Wildman–Crippen LogP) is 2.65. The van der Waals surface area contributed by atoms with Crippen molar-refractivity contribution in [2.75, 3.05) is 0 Å². The number of allylic oxidation sites excluding steroid dienone is 2. The molecule has 1 aliphatic heterocycles. The molecule has 1 saturated carbocycles. The van der Waals surface area contributed by atoms with Crippen LogP contribution in [-0.2, 0) is 0 Å². The number of quaternary nitrogens is 1. The molecule has 0 aromatic heterocycles.